The molecule has 0 aromatic heterocycles. The van der Waals surface area contributed by atoms with Crippen LogP contribution < -0.4 is 10.5 Å². The minimum absolute atomic E-state index is 0.00486. The van der Waals surface area contributed by atoms with Gasteiger partial charge in [0.15, 0.2) is 0 Å². The summed E-state index contributed by atoms with van der Waals surface area (Å²) in [4.78, 5) is 10.5. The molecule has 0 amide bonds. The van der Waals surface area contributed by atoms with Crippen LogP contribution in [0.4, 0.5) is 5.69 Å². The van der Waals surface area contributed by atoms with Crippen LogP contribution in [0.2, 0.25) is 0 Å². The zero-order valence-corrected chi connectivity index (χ0v) is 11.8. The molecule has 0 fully saturated rings. The molecule has 0 unspecified atom stereocenters. The van der Waals surface area contributed by atoms with E-state index in [0.717, 1.165) is 0 Å². The minimum atomic E-state index is -0.593. The van der Waals surface area contributed by atoms with Gasteiger partial charge in [0.25, 0.3) is 5.69 Å². The first-order valence-corrected chi connectivity index (χ1v) is 6.66. The van der Waals surface area contributed by atoms with Gasteiger partial charge < -0.3 is 15.6 Å². The van der Waals surface area contributed by atoms with E-state index in [2.05, 4.69) is 0 Å². The molecule has 0 saturated carbocycles. The molecular formula is C16H11N3O4. The number of nitrogens with zero attached hydrogens (tertiary/aromatic N) is 2. The molecule has 0 radical (unpaired) electrons. The van der Waals surface area contributed by atoms with Crippen molar-refractivity contribution in [2.45, 2.75) is 5.92 Å². The first kappa shape index (κ1) is 14.4. The maximum Gasteiger partial charge on any atom is 0.269 e. The van der Waals surface area contributed by atoms with Gasteiger partial charge in [0.05, 0.1) is 10.8 Å². The number of phenols is 1. The summed E-state index contributed by atoms with van der Waals surface area (Å²) >= 11 is 0. The van der Waals surface area contributed by atoms with Crippen LogP contribution in [0.3, 0.4) is 0 Å². The number of benzene rings is 2. The summed E-state index contributed by atoms with van der Waals surface area (Å²) in [5.41, 5.74) is 7.05. The van der Waals surface area contributed by atoms with Crippen LogP contribution >= 0.6 is 0 Å². The molecule has 1 aliphatic rings. The van der Waals surface area contributed by atoms with Gasteiger partial charge in [-0.05, 0) is 11.6 Å². The van der Waals surface area contributed by atoms with E-state index in [-0.39, 0.29) is 22.9 Å². The molecule has 1 aliphatic heterocycles. The van der Waals surface area contributed by atoms with E-state index in [9.17, 15) is 20.5 Å². The summed E-state index contributed by atoms with van der Waals surface area (Å²) < 4.78 is 5.39. The standard InChI is InChI=1S/C16H11N3O4/c17-8-13-15(9-2-1-3-10(6-9)19(21)22)12-5-4-11(20)7-14(12)23-16(13)18/h1-7,15,20H,18H2/t15-/m1/s1. The first-order chi connectivity index (χ1) is 11.0. The van der Waals surface area contributed by atoms with Gasteiger partial charge in [0.1, 0.15) is 23.1 Å². The number of hydrogen-bond donors (Lipinski definition) is 2. The molecule has 114 valence electrons. The summed E-state index contributed by atoms with van der Waals surface area (Å²) in [5, 5.41) is 30.0. The third-order valence-corrected chi connectivity index (χ3v) is 3.62. The third-order valence-electron chi connectivity index (χ3n) is 3.62. The Balaban J connectivity index is 2.22. The lowest BCUT2D eigenvalue weighted by atomic mass is 9.83. The summed E-state index contributed by atoms with van der Waals surface area (Å²) in [5.74, 6) is -0.362. The average molecular weight is 309 g/mol. The zero-order chi connectivity index (χ0) is 16.6. The lowest BCUT2D eigenvalue weighted by Gasteiger charge is -2.26. The molecule has 3 rings (SSSR count). The number of hydrogen-bond acceptors (Lipinski definition) is 6. The van der Waals surface area contributed by atoms with Gasteiger partial charge in [-0.1, -0.05) is 18.2 Å². The topological polar surface area (TPSA) is 122 Å². The van der Waals surface area contributed by atoms with Crippen molar-refractivity contribution in [3.8, 4) is 17.6 Å². The van der Waals surface area contributed by atoms with Crippen LogP contribution in [0, 0.1) is 21.4 Å². The molecule has 0 aliphatic carbocycles. The number of ether oxygens (including phenoxy) is 1. The Kier molecular flexibility index (Phi) is 3.35. The third kappa shape index (κ3) is 2.42. The van der Waals surface area contributed by atoms with Gasteiger partial charge in [0, 0.05) is 23.8 Å². The Morgan fingerprint density at radius 3 is 2.78 bits per heavy atom. The van der Waals surface area contributed by atoms with Gasteiger partial charge in [-0.2, -0.15) is 5.26 Å². The minimum Gasteiger partial charge on any atom is -0.508 e. The van der Waals surface area contributed by atoms with E-state index in [1.54, 1.807) is 18.2 Å². The molecule has 2 aromatic carbocycles. The lowest BCUT2D eigenvalue weighted by molar-refractivity contribution is -0.384. The number of aromatic hydroxyl groups is 1. The van der Waals surface area contributed by atoms with Crippen molar-refractivity contribution in [1.29, 1.82) is 5.26 Å². The molecule has 0 spiro atoms. The van der Waals surface area contributed by atoms with E-state index < -0.39 is 10.8 Å². The largest absolute Gasteiger partial charge is 0.508 e. The quantitative estimate of drug-likeness (QED) is 0.649. The Morgan fingerprint density at radius 1 is 1.30 bits per heavy atom. The molecule has 7 heteroatoms. The Hall–Kier alpha value is -3.53. The van der Waals surface area contributed by atoms with Crippen molar-refractivity contribution in [2.75, 3.05) is 0 Å². The summed E-state index contributed by atoms with van der Waals surface area (Å²) in [6.45, 7) is 0. The summed E-state index contributed by atoms with van der Waals surface area (Å²) in [6, 6.07) is 12.5. The molecule has 23 heavy (non-hydrogen) atoms. The van der Waals surface area contributed by atoms with Crippen LogP contribution in [0.5, 0.6) is 11.5 Å². The average Bonchev–Trinajstić information content (AvgIpc) is 2.53. The fourth-order valence-corrected chi connectivity index (χ4v) is 2.60. The van der Waals surface area contributed by atoms with E-state index in [4.69, 9.17) is 10.5 Å². The smallest absolute Gasteiger partial charge is 0.269 e. The maximum absolute atomic E-state index is 11.0. The van der Waals surface area contributed by atoms with Crippen molar-refractivity contribution in [3.05, 3.63) is 75.2 Å². The molecule has 1 heterocycles. The maximum atomic E-state index is 11.0. The summed E-state index contributed by atoms with van der Waals surface area (Å²) in [7, 11) is 0. The molecular weight excluding hydrogens is 298 g/mol. The molecule has 0 bridgehead atoms. The van der Waals surface area contributed by atoms with Crippen molar-refractivity contribution in [3.63, 3.8) is 0 Å². The van der Waals surface area contributed by atoms with Crippen molar-refractivity contribution in [2.24, 2.45) is 5.73 Å². The number of nitro groups is 1. The van der Waals surface area contributed by atoms with Gasteiger partial charge >= 0.3 is 0 Å². The van der Waals surface area contributed by atoms with Crippen molar-refractivity contribution in [1.82, 2.24) is 0 Å². The number of nitro benzene ring substituents is 1. The van der Waals surface area contributed by atoms with Crippen LogP contribution in [0.1, 0.15) is 17.0 Å². The Morgan fingerprint density at radius 2 is 2.09 bits per heavy atom. The normalized spacial score (nSPS) is 16.2. The summed E-state index contributed by atoms with van der Waals surface area (Å²) in [6.07, 6.45) is 0. The number of rotatable bonds is 2. The van der Waals surface area contributed by atoms with Crippen molar-refractivity contribution < 1.29 is 14.8 Å². The molecule has 7 nitrogen and oxygen atoms in total. The molecule has 1 atom stereocenters. The highest BCUT2D eigenvalue weighted by molar-refractivity contribution is 5.58. The number of nitriles is 1. The number of phenolic OH excluding ortho intramolecular Hbond substituents is 1. The predicted octanol–water partition coefficient (Wildman–Crippen LogP) is 2.52. The zero-order valence-electron chi connectivity index (χ0n) is 11.8. The van der Waals surface area contributed by atoms with Crippen molar-refractivity contribution >= 4 is 5.69 Å². The highest BCUT2D eigenvalue weighted by Gasteiger charge is 2.31. The first-order valence-electron chi connectivity index (χ1n) is 6.66. The monoisotopic (exact) mass is 309 g/mol. The highest BCUT2D eigenvalue weighted by atomic mass is 16.6. The van der Waals surface area contributed by atoms with E-state index in [1.165, 1.54) is 24.3 Å². The predicted molar refractivity (Wildman–Crippen MR) is 80.5 cm³/mol. The fourth-order valence-electron chi connectivity index (χ4n) is 2.60. The molecule has 0 saturated heterocycles. The van der Waals surface area contributed by atoms with Gasteiger partial charge in [-0.25, -0.2) is 0 Å². The van der Waals surface area contributed by atoms with Crippen LogP contribution in [-0.2, 0) is 0 Å². The van der Waals surface area contributed by atoms with Crippen LogP contribution in [0.15, 0.2) is 53.9 Å². The second kappa shape index (κ2) is 5.35. The van der Waals surface area contributed by atoms with E-state index >= 15 is 0 Å². The fraction of sp³-hybridized carbons (Fsp3) is 0.0625. The second-order valence-electron chi connectivity index (χ2n) is 5.00. The van der Waals surface area contributed by atoms with Gasteiger partial charge in [0.2, 0.25) is 5.88 Å². The lowest BCUT2D eigenvalue weighted by Crippen LogP contribution is -2.21. The number of fused-ring (bicyclic) bond motifs is 1. The Labute approximate surface area is 131 Å². The Bertz CT molecular complexity index is 883. The second-order valence-corrected chi connectivity index (χ2v) is 5.00. The highest BCUT2D eigenvalue weighted by Crippen LogP contribution is 2.43. The SMILES string of the molecule is N#CC1=C(N)Oc2cc(O)ccc2[C@H]1c1cccc([N+](=O)[O-])c1. The van der Waals surface area contributed by atoms with E-state index in [0.29, 0.717) is 16.9 Å². The van der Waals surface area contributed by atoms with Crippen LogP contribution in [0.25, 0.3) is 0 Å². The molecule has 3 N–H and O–H groups in total. The number of nitrogens with two attached hydrogens (primary N) is 1. The van der Waals surface area contributed by atoms with E-state index in [1.807, 2.05) is 6.07 Å². The van der Waals surface area contributed by atoms with Crippen LogP contribution in [-0.4, -0.2) is 10.0 Å². The molecule has 2 aromatic rings. The number of non-ortho nitro benzene ring substituents is 1. The van der Waals surface area contributed by atoms with Gasteiger partial charge in [-0.3, -0.25) is 10.1 Å². The number of allylic oxidation sites excluding steroid dienone is 1. The van der Waals surface area contributed by atoms with Gasteiger partial charge in [-0.15, -0.1) is 0 Å².